The van der Waals surface area contributed by atoms with Gasteiger partial charge in [-0.3, -0.25) is 0 Å². The zero-order valence-electron chi connectivity index (χ0n) is 8.99. The topological polar surface area (TPSA) is 41.5 Å². The summed E-state index contributed by atoms with van der Waals surface area (Å²) in [7, 11) is 0. The van der Waals surface area contributed by atoms with Crippen molar-refractivity contribution in [2.24, 2.45) is 0 Å². The number of aromatic hydroxyl groups is 1. The van der Waals surface area contributed by atoms with E-state index in [0.717, 1.165) is 30.8 Å². The van der Waals surface area contributed by atoms with Crippen LogP contribution in [0.2, 0.25) is 0 Å². The normalized spacial score (nSPS) is 21.3. The maximum absolute atomic E-state index is 9.28. The molecule has 1 unspecified atom stereocenters. The number of piperidine rings is 1. The summed E-state index contributed by atoms with van der Waals surface area (Å²) in [5, 5.41) is 12.6. The van der Waals surface area contributed by atoms with Crippen molar-refractivity contribution >= 4 is 0 Å². The zero-order chi connectivity index (χ0) is 10.7. The van der Waals surface area contributed by atoms with Gasteiger partial charge in [0, 0.05) is 6.54 Å². The van der Waals surface area contributed by atoms with Gasteiger partial charge in [-0.15, -0.1) is 0 Å². The molecular weight excluding hydrogens is 190 g/mol. The number of rotatable bonds is 2. The van der Waals surface area contributed by atoms with Crippen molar-refractivity contribution < 1.29 is 9.84 Å². The van der Waals surface area contributed by atoms with Crippen LogP contribution in [0.4, 0.5) is 0 Å². The van der Waals surface area contributed by atoms with Crippen LogP contribution in [0.1, 0.15) is 18.4 Å². The molecule has 3 heteroatoms. The molecule has 2 N–H and O–H groups in total. The number of hydrogen-bond acceptors (Lipinski definition) is 3. The molecule has 1 aliphatic rings. The summed E-state index contributed by atoms with van der Waals surface area (Å²) in [5.74, 6) is 1.17. The molecule has 0 bridgehead atoms. The lowest BCUT2D eigenvalue weighted by molar-refractivity contribution is 0.166. The fourth-order valence-electron chi connectivity index (χ4n) is 1.87. The number of phenols is 1. The van der Waals surface area contributed by atoms with E-state index in [4.69, 9.17) is 4.74 Å². The highest BCUT2D eigenvalue weighted by Crippen LogP contribution is 2.24. The molecule has 0 amide bonds. The van der Waals surface area contributed by atoms with Crippen molar-refractivity contribution in [3.63, 3.8) is 0 Å². The molecular formula is C12H17NO2. The SMILES string of the molecule is Cc1cc(O)ccc1OC1CCCNC1. The quantitative estimate of drug-likeness (QED) is 0.777. The first-order valence-corrected chi connectivity index (χ1v) is 5.43. The standard InChI is InChI=1S/C12H17NO2/c1-9-7-10(14)4-5-12(9)15-11-3-2-6-13-8-11/h4-5,7,11,13-14H,2-3,6,8H2,1H3. The van der Waals surface area contributed by atoms with Gasteiger partial charge in [-0.25, -0.2) is 0 Å². The zero-order valence-corrected chi connectivity index (χ0v) is 8.99. The first-order chi connectivity index (χ1) is 7.25. The van der Waals surface area contributed by atoms with Gasteiger partial charge in [-0.2, -0.15) is 0 Å². The molecule has 15 heavy (non-hydrogen) atoms. The van der Waals surface area contributed by atoms with Crippen LogP contribution in [-0.2, 0) is 0 Å². The Bertz CT molecular complexity index is 332. The van der Waals surface area contributed by atoms with Crippen molar-refractivity contribution in [3.05, 3.63) is 23.8 Å². The smallest absolute Gasteiger partial charge is 0.122 e. The summed E-state index contributed by atoms with van der Waals surface area (Å²) >= 11 is 0. The molecule has 0 spiro atoms. The molecule has 1 fully saturated rings. The first kappa shape index (κ1) is 10.3. The van der Waals surface area contributed by atoms with Crippen molar-refractivity contribution in [2.75, 3.05) is 13.1 Å². The first-order valence-electron chi connectivity index (χ1n) is 5.43. The van der Waals surface area contributed by atoms with Crippen LogP contribution in [0.25, 0.3) is 0 Å². The third-order valence-corrected chi connectivity index (χ3v) is 2.70. The summed E-state index contributed by atoms with van der Waals surface area (Å²) in [6.45, 7) is 3.96. The van der Waals surface area contributed by atoms with E-state index in [0.29, 0.717) is 5.75 Å². The third-order valence-electron chi connectivity index (χ3n) is 2.70. The Morgan fingerprint density at radius 1 is 1.47 bits per heavy atom. The number of hydrogen-bond donors (Lipinski definition) is 2. The van der Waals surface area contributed by atoms with Crippen LogP contribution >= 0.6 is 0 Å². The van der Waals surface area contributed by atoms with E-state index in [1.54, 1.807) is 12.1 Å². The van der Waals surface area contributed by atoms with Gasteiger partial charge in [0.2, 0.25) is 0 Å². The van der Waals surface area contributed by atoms with E-state index in [2.05, 4.69) is 5.32 Å². The lowest BCUT2D eigenvalue weighted by atomic mass is 10.1. The Labute approximate surface area is 90.1 Å². The van der Waals surface area contributed by atoms with Crippen molar-refractivity contribution in [1.29, 1.82) is 0 Å². The van der Waals surface area contributed by atoms with Gasteiger partial charge in [0.1, 0.15) is 17.6 Å². The molecule has 1 aliphatic heterocycles. The molecule has 2 rings (SSSR count). The summed E-state index contributed by atoms with van der Waals surface area (Å²) < 4.78 is 5.87. The summed E-state index contributed by atoms with van der Waals surface area (Å²) in [6.07, 6.45) is 2.54. The average molecular weight is 207 g/mol. The molecule has 1 aromatic rings. The molecule has 82 valence electrons. The highest BCUT2D eigenvalue weighted by atomic mass is 16.5. The van der Waals surface area contributed by atoms with E-state index in [1.165, 1.54) is 6.42 Å². The summed E-state index contributed by atoms with van der Waals surface area (Å²) in [5.41, 5.74) is 0.987. The molecule has 0 radical (unpaired) electrons. The molecule has 1 atom stereocenters. The number of nitrogens with one attached hydrogen (secondary N) is 1. The maximum atomic E-state index is 9.28. The van der Waals surface area contributed by atoms with E-state index in [1.807, 2.05) is 13.0 Å². The van der Waals surface area contributed by atoms with Crippen LogP contribution in [0.5, 0.6) is 11.5 Å². The number of phenolic OH excluding ortho intramolecular Hbond substituents is 1. The van der Waals surface area contributed by atoms with E-state index in [-0.39, 0.29) is 6.10 Å². The monoisotopic (exact) mass is 207 g/mol. The summed E-state index contributed by atoms with van der Waals surface area (Å²) in [4.78, 5) is 0. The molecule has 1 saturated heterocycles. The van der Waals surface area contributed by atoms with Crippen molar-refractivity contribution in [2.45, 2.75) is 25.9 Å². The van der Waals surface area contributed by atoms with Gasteiger partial charge in [-0.1, -0.05) is 0 Å². The molecule has 0 aliphatic carbocycles. The highest BCUT2D eigenvalue weighted by molar-refractivity contribution is 5.38. The van der Waals surface area contributed by atoms with Crippen molar-refractivity contribution in [1.82, 2.24) is 5.32 Å². The molecule has 1 aromatic carbocycles. The fraction of sp³-hybridized carbons (Fsp3) is 0.500. The Balaban J connectivity index is 2.03. The predicted molar refractivity (Wildman–Crippen MR) is 59.4 cm³/mol. The molecule has 1 heterocycles. The van der Waals surface area contributed by atoms with Gasteiger partial charge in [0.05, 0.1) is 0 Å². The lowest BCUT2D eigenvalue weighted by Crippen LogP contribution is -2.37. The maximum Gasteiger partial charge on any atom is 0.122 e. The van der Waals surface area contributed by atoms with Crippen LogP contribution in [0, 0.1) is 6.92 Å². The Morgan fingerprint density at radius 3 is 3.00 bits per heavy atom. The van der Waals surface area contributed by atoms with E-state index >= 15 is 0 Å². The van der Waals surface area contributed by atoms with Gasteiger partial charge < -0.3 is 15.2 Å². The Kier molecular flexibility index (Phi) is 3.11. The number of aryl methyl sites for hydroxylation is 1. The van der Waals surface area contributed by atoms with Crippen LogP contribution < -0.4 is 10.1 Å². The molecule has 3 nitrogen and oxygen atoms in total. The fourth-order valence-corrected chi connectivity index (χ4v) is 1.87. The average Bonchev–Trinajstić information content (AvgIpc) is 2.24. The van der Waals surface area contributed by atoms with Gasteiger partial charge in [0.25, 0.3) is 0 Å². The Hall–Kier alpha value is -1.22. The lowest BCUT2D eigenvalue weighted by Gasteiger charge is -2.24. The second kappa shape index (κ2) is 4.53. The minimum atomic E-state index is 0.266. The second-order valence-electron chi connectivity index (χ2n) is 4.04. The third kappa shape index (κ3) is 2.63. The van der Waals surface area contributed by atoms with Crippen LogP contribution in [0.3, 0.4) is 0 Å². The Morgan fingerprint density at radius 2 is 2.33 bits per heavy atom. The van der Waals surface area contributed by atoms with Gasteiger partial charge >= 0.3 is 0 Å². The summed E-state index contributed by atoms with van der Waals surface area (Å²) in [6, 6.07) is 5.23. The molecule has 0 saturated carbocycles. The van der Waals surface area contributed by atoms with Crippen molar-refractivity contribution in [3.8, 4) is 11.5 Å². The molecule has 0 aromatic heterocycles. The minimum Gasteiger partial charge on any atom is -0.508 e. The van der Waals surface area contributed by atoms with Gasteiger partial charge in [0.15, 0.2) is 0 Å². The number of ether oxygens (including phenoxy) is 1. The van der Waals surface area contributed by atoms with E-state index in [9.17, 15) is 5.11 Å². The highest BCUT2D eigenvalue weighted by Gasteiger charge is 2.15. The van der Waals surface area contributed by atoms with Crippen LogP contribution in [0.15, 0.2) is 18.2 Å². The number of benzene rings is 1. The minimum absolute atomic E-state index is 0.266. The van der Waals surface area contributed by atoms with Crippen LogP contribution in [-0.4, -0.2) is 24.3 Å². The van der Waals surface area contributed by atoms with E-state index < -0.39 is 0 Å². The van der Waals surface area contributed by atoms with Gasteiger partial charge in [-0.05, 0) is 50.1 Å². The predicted octanol–water partition coefficient (Wildman–Crippen LogP) is 1.83. The second-order valence-corrected chi connectivity index (χ2v) is 4.04. The largest absolute Gasteiger partial charge is 0.508 e.